The van der Waals surface area contributed by atoms with E-state index in [1.807, 2.05) is 0 Å². The maximum Gasteiger partial charge on any atom is 0.175 e. The van der Waals surface area contributed by atoms with Gasteiger partial charge in [-0.3, -0.25) is 4.40 Å². The summed E-state index contributed by atoms with van der Waals surface area (Å²) in [5.74, 6) is -0.632. The van der Waals surface area contributed by atoms with Gasteiger partial charge in [0.1, 0.15) is 11.5 Å². The number of hydrogen-bond acceptors (Lipinski definition) is 3. The van der Waals surface area contributed by atoms with Crippen molar-refractivity contribution in [2.75, 3.05) is 12.8 Å². The first-order valence-corrected chi connectivity index (χ1v) is 5.88. The van der Waals surface area contributed by atoms with Crippen LogP contribution in [0.25, 0.3) is 16.9 Å². The number of hydrogen-bond donors (Lipinski definition) is 1. The second-order valence-corrected chi connectivity index (χ2v) is 4.24. The summed E-state index contributed by atoms with van der Waals surface area (Å²) in [5, 5.41) is 0. The van der Waals surface area contributed by atoms with Crippen LogP contribution in [0.4, 0.5) is 14.6 Å². The number of pyridine rings is 1. The van der Waals surface area contributed by atoms with E-state index in [-0.39, 0.29) is 17.2 Å². The number of ether oxygens (including phenoxy) is 1. The third-order valence-corrected chi connectivity index (χ3v) is 3.06. The highest BCUT2D eigenvalue weighted by Crippen LogP contribution is 2.30. The van der Waals surface area contributed by atoms with E-state index in [1.165, 1.54) is 35.8 Å². The van der Waals surface area contributed by atoms with Crippen LogP contribution in [0.2, 0.25) is 0 Å². The van der Waals surface area contributed by atoms with Crippen molar-refractivity contribution in [3.8, 4) is 17.0 Å². The number of nitrogens with two attached hydrogens (primary N) is 1. The highest BCUT2D eigenvalue weighted by atomic mass is 19.1. The van der Waals surface area contributed by atoms with Crippen LogP contribution < -0.4 is 10.5 Å². The number of halogens is 2. The Labute approximate surface area is 113 Å². The number of aromatic nitrogens is 2. The van der Waals surface area contributed by atoms with Crippen LogP contribution in [0, 0.1) is 11.6 Å². The molecule has 0 spiro atoms. The molecule has 0 saturated heterocycles. The summed E-state index contributed by atoms with van der Waals surface area (Å²) in [7, 11) is 1.38. The number of anilines is 1. The van der Waals surface area contributed by atoms with Gasteiger partial charge in [-0.1, -0.05) is 0 Å². The number of nitrogen functional groups attached to an aromatic ring is 1. The third-order valence-electron chi connectivity index (χ3n) is 3.06. The molecule has 0 saturated carbocycles. The average molecular weight is 275 g/mol. The quantitative estimate of drug-likeness (QED) is 0.782. The molecule has 3 aromatic rings. The van der Waals surface area contributed by atoms with E-state index >= 15 is 0 Å². The summed E-state index contributed by atoms with van der Waals surface area (Å²) in [4.78, 5) is 4.13. The molecule has 4 nitrogen and oxygen atoms in total. The monoisotopic (exact) mass is 275 g/mol. The SMILES string of the molecule is COc1ccc(-c2nc3c(F)cccn3c2N)cc1F. The number of rotatable bonds is 2. The lowest BCUT2D eigenvalue weighted by atomic mass is 10.1. The smallest absolute Gasteiger partial charge is 0.175 e. The lowest BCUT2D eigenvalue weighted by Crippen LogP contribution is -1.95. The van der Waals surface area contributed by atoms with Gasteiger partial charge in [-0.15, -0.1) is 0 Å². The Hall–Kier alpha value is -2.63. The van der Waals surface area contributed by atoms with Crippen molar-refractivity contribution < 1.29 is 13.5 Å². The van der Waals surface area contributed by atoms with Gasteiger partial charge in [-0.25, -0.2) is 13.8 Å². The predicted octanol–water partition coefficient (Wildman–Crippen LogP) is 2.87. The van der Waals surface area contributed by atoms with Gasteiger partial charge in [0.25, 0.3) is 0 Å². The molecule has 0 radical (unpaired) electrons. The molecule has 0 aliphatic heterocycles. The van der Waals surface area contributed by atoms with E-state index in [0.29, 0.717) is 11.3 Å². The van der Waals surface area contributed by atoms with Crippen LogP contribution in [0.5, 0.6) is 5.75 Å². The molecule has 2 N–H and O–H groups in total. The van der Waals surface area contributed by atoms with Crippen molar-refractivity contribution in [3.05, 3.63) is 48.2 Å². The van der Waals surface area contributed by atoms with E-state index < -0.39 is 11.6 Å². The van der Waals surface area contributed by atoms with Crippen molar-refractivity contribution in [2.45, 2.75) is 0 Å². The zero-order valence-corrected chi connectivity index (χ0v) is 10.6. The first-order chi connectivity index (χ1) is 9.61. The molecule has 20 heavy (non-hydrogen) atoms. The van der Waals surface area contributed by atoms with E-state index in [9.17, 15) is 8.78 Å². The highest BCUT2D eigenvalue weighted by molar-refractivity contribution is 5.75. The summed E-state index contributed by atoms with van der Waals surface area (Å²) in [6.07, 6.45) is 1.60. The topological polar surface area (TPSA) is 52.5 Å². The normalized spacial score (nSPS) is 10.9. The summed E-state index contributed by atoms with van der Waals surface area (Å²) in [6, 6.07) is 7.18. The Balaban J connectivity index is 2.22. The molecule has 0 bridgehead atoms. The van der Waals surface area contributed by atoms with E-state index in [0.717, 1.165) is 0 Å². The minimum atomic E-state index is -0.526. The lowest BCUT2D eigenvalue weighted by Gasteiger charge is -2.04. The van der Waals surface area contributed by atoms with Gasteiger partial charge in [-0.05, 0) is 30.3 Å². The maximum absolute atomic E-state index is 13.7. The summed E-state index contributed by atoms with van der Waals surface area (Å²) < 4.78 is 33.7. The van der Waals surface area contributed by atoms with Crippen LogP contribution in [-0.2, 0) is 0 Å². The van der Waals surface area contributed by atoms with Crippen molar-refractivity contribution in [1.29, 1.82) is 0 Å². The van der Waals surface area contributed by atoms with Crippen LogP contribution in [0.1, 0.15) is 0 Å². The van der Waals surface area contributed by atoms with E-state index in [2.05, 4.69) is 4.98 Å². The molecule has 2 heterocycles. The van der Waals surface area contributed by atoms with Gasteiger partial charge in [0.2, 0.25) is 0 Å². The number of imidazole rings is 1. The minimum Gasteiger partial charge on any atom is -0.494 e. The first kappa shape index (κ1) is 12.4. The predicted molar refractivity (Wildman–Crippen MR) is 71.5 cm³/mol. The molecular formula is C14H11F2N3O. The standard InChI is InChI=1S/C14H11F2N3O/c1-20-11-5-4-8(7-10(11)16)12-13(17)19-6-2-3-9(15)14(19)18-12/h2-7H,17H2,1H3. The molecule has 3 rings (SSSR count). The van der Waals surface area contributed by atoms with Crippen LogP contribution in [0.3, 0.4) is 0 Å². The number of methoxy groups -OCH3 is 1. The second-order valence-electron chi connectivity index (χ2n) is 4.24. The molecule has 0 unspecified atom stereocenters. The van der Waals surface area contributed by atoms with Crippen LogP contribution in [0.15, 0.2) is 36.5 Å². The third kappa shape index (κ3) is 1.77. The molecule has 1 aromatic carbocycles. The van der Waals surface area contributed by atoms with Gasteiger partial charge < -0.3 is 10.5 Å². The molecule has 0 fully saturated rings. The fraction of sp³-hybridized carbons (Fsp3) is 0.0714. The highest BCUT2D eigenvalue weighted by Gasteiger charge is 2.15. The van der Waals surface area contributed by atoms with E-state index in [4.69, 9.17) is 10.5 Å². The zero-order chi connectivity index (χ0) is 14.3. The lowest BCUT2D eigenvalue weighted by molar-refractivity contribution is 0.386. The van der Waals surface area contributed by atoms with Gasteiger partial charge in [0, 0.05) is 11.8 Å². The second kappa shape index (κ2) is 4.48. The largest absolute Gasteiger partial charge is 0.494 e. The number of benzene rings is 1. The molecule has 2 aromatic heterocycles. The molecule has 6 heteroatoms. The Morgan fingerprint density at radius 1 is 1.20 bits per heavy atom. The van der Waals surface area contributed by atoms with Gasteiger partial charge in [-0.2, -0.15) is 0 Å². The fourth-order valence-electron chi connectivity index (χ4n) is 2.08. The van der Waals surface area contributed by atoms with Crippen molar-refractivity contribution in [2.24, 2.45) is 0 Å². The fourth-order valence-corrected chi connectivity index (χ4v) is 2.08. The summed E-state index contributed by atoms with van der Waals surface area (Å²) >= 11 is 0. The van der Waals surface area contributed by atoms with E-state index in [1.54, 1.807) is 12.3 Å². The first-order valence-electron chi connectivity index (χ1n) is 5.88. The van der Waals surface area contributed by atoms with Crippen LogP contribution >= 0.6 is 0 Å². The van der Waals surface area contributed by atoms with Crippen molar-refractivity contribution in [1.82, 2.24) is 9.38 Å². The molecule has 0 aliphatic rings. The zero-order valence-electron chi connectivity index (χ0n) is 10.6. The van der Waals surface area contributed by atoms with Crippen molar-refractivity contribution in [3.63, 3.8) is 0 Å². The Morgan fingerprint density at radius 3 is 2.65 bits per heavy atom. The average Bonchev–Trinajstić information content (AvgIpc) is 2.78. The molecule has 0 amide bonds. The maximum atomic E-state index is 13.7. The molecule has 0 atom stereocenters. The van der Waals surface area contributed by atoms with Crippen molar-refractivity contribution >= 4 is 11.5 Å². The summed E-state index contributed by atoms with van der Waals surface area (Å²) in [6.45, 7) is 0. The molecular weight excluding hydrogens is 264 g/mol. The van der Waals surface area contributed by atoms with Gasteiger partial charge >= 0.3 is 0 Å². The molecule has 0 aliphatic carbocycles. The summed E-state index contributed by atoms with van der Waals surface area (Å²) in [5.41, 5.74) is 6.84. The Kier molecular flexibility index (Phi) is 2.78. The molecule has 102 valence electrons. The Morgan fingerprint density at radius 2 is 2.00 bits per heavy atom. The number of nitrogens with zero attached hydrogens (tertiary/aromatic N) is 2. The van der Waals surface area contributed by atoms with Crippen LogP contribution in [-0.4, -0.2) is 16.5 Å². The van der Waals surface area contributed by atoms with Gasteiger partial charge in [0.15, 0.2) is 23.0 Å². The minimum absolute atomic E-state index is 0.108. The van der Waals surface area contributed by atoms with Gasteiger partial charge in [0.05, 0.1) is 7.11 Å². The Bertz CT molecular complexity index is 798. The number of fused-ring (bicyclic) bond motifs is 1.